The molecule has 0 radical (unpaired) electrons. The minimum atomic E-state index is 0. The first-order valence-corrected chi connectivity index (χ1v) is 7.21. The number of benzene rings is 1. The minimum absolute atomic E-state index is 0. The Hall–Kier alpha value is -1.57. The van der Waals surface area contributed by atoms with E-state index in [1.54, 1.807) is 7.05 Å². The molecule has 0 saturated heterocycles. The third-order valence-electron chi connectivity index (χ3n) is 3.28. The van der Waals surface area contributed by atoms with Crippen molar-refractivity contribution in [3.05, 3.63) is 42.2 Å². The fourth-order valence-corrected chi connectivity index (χ4v) is 1.84. The number of hydrogen-bond acceptors (Lipinski definition) is 3. The molecule has 1 heterocycles. The molecular weight excluding hydrogens is 391 g/mol. The van der Waals surface area contributed by atoms with Gasteiger partial charge in [0.05, 0.1) is 6.54 Å². The highest BCUT2D eigenvalue weighted by Crippen LogP contribution is 2.18. The monoisotopic (exact) mass is 414 g/mol. The van der Waals surface area contributed by atoms with E-state index in [1.165, 1.54) is 0 Å². The molecule has 0 bridgehead atoms. The molecular formula is C16H23IN4O. The Bertz CT molecular complexity index is 583. The van der Waals surface area contributed by atoms with E-state index < -0.39 is 0 Å². The molecule has 6 heteroatoms. The van der Waals surface area contributed by atoms with Gasteiger partial charge in [0.25, 0.3) is 0 Å². The molecule has 22 heavy (non-hydrogen) atoms. The topological polar surface area (TPSA) is 62.5 Å². The van der Waals surface area contributed by atoms with Gasteiger partial charge in [-0.25, -0.2) is 0 Å². The number of rotatable bonds is 5. The number of nitrogens with one attached hydrogen (secondary N) is 2. The van der Waals surface area contributed by atoms with E-state index in [-0.39, 0.29) is 24.0 Å². The molecule has 1 unspecified atom stereocenters. The Morgan fingerprint density at radius 3 is 2.68 bits per heavy atom. The average molecular weight is 414 g/mol. The van der Waals surface area contributed by atoms with E-state index in [0.29, 0.717) is 12.6 Å². The van der Waals surface area contributed by atoms with E-state index in [0.717, 1.165) is 29.4 Å². The lowest BCUT2D eigenvalue weighted by Crippen LogP contribution is -2.41. The Morgan fingerprint density at radius 2 is 2.05 bits per heavy atom. The maximum Gasteiger partial charge on any atom is 0.191 e. The Morgan fingerprint density at radius 1 is 1.32 bits per heavy atom. The molecule has 0 spiro atoms. The van der Waals surface area contributed by atoms with Crippen LogP contribution < -0.4 is 10.6 Å². The molecule has 120 valence electrons. The van der Waals surface area contributed by atoms with E-state index in [2.05, 4.69) is 34.6 Å². The van der Waals surface area contributed by atoms with Gasteiger partial charge in [-0.3, -0.25) is 4.99 Å². The molecule has 1 aromatic carbocycles. The standard InChI is InChI=1S/C16H22N4O.HI/c1-4-12(2)19-16(17-3)18-11-14-10-15(20-21-14)13-8-6-5-7-9-13;/h5-10,12H,4,11H2,1-3H3,(H2,17,18,19);1H. The van der Waals surface area contributed by atoms with Gasteiger partial charge in [-0.05, 0) is 13.3 Å². The molecule has 2 N–H and O–H groups in total. The molecule has 0 aliphatic rings. The van der Waals surface area contributed by atoms with Crippen molar-refractivity contribution < 1.29 is 4.52 Å². The van der Waals surface area contributed by atoms with Gasteiger partial charge in [0.1, 0.15) is 5.69 Å². The fraction of sp³-hybridized carbons (Fsp3) is 0.375. The molecule has 2 rings (SSSR count). The van der Waals surface area contributed by atoms with Crippen molar-refractivity contribution >= 4 is 29.9 Å². The quantitative estimate of drug-likeness (QED) is 0.447. The van der Waals surface area contributed by atoms with E-state index in [1.807, 2.05) is 36.4 Å². The highest BCUT2D eigenvalue weighted by Gasteiger charge is 2.08. The molecule has 1 aromatic heterocycles. The van der Waals surface area contributed by atoms with Crippen LogP contribution >= 0.6 is 24.0 Å². The van der Waals surface area contributed by atoms with Crippen LogP contribution in [0, 0.1) is 0 Å². The zero-order valence-electron chi connectivity index (χ0n) is 13.2. The molecule has 0 aliphatic carbocycles. The average Bonchev–Trinajstić information content (AvgIpc) is 3.01. The Balaban J connectivity index is 0.00000242. The molecule has 5 nitrogen and oxygen atoms in total. The maximum atomic E-state index is 5.35. The Kier molecular flexibility index (Phi) is 7.94. The lowest BCUT2D eigenvalue weighted by atomic mass is 10.1. The van der Waals surface area contributed by atoms with E-state index in [9.17, 15) is 0 Å². The zero-order valence-corrected chi connectivity index (χ0v) is 15.5. The summed E-state index contributed by atoms with van der Waals surface area (Å²) in [7, 11) is 1.76. The van der Waals surface area contributed by atoms with Gasteiger partial charge in [-0.2, -0.15) is 0 Å². The molecule has 2 aromatic rings. The van der Waals surface area contributed by atoms with Gasteiger partial charge in [0.2, 0.25) is 0 Å². The van der Waals surface area contributed by atoms with Gasteiger partial charge < -0.3 is 15.2 Å². The SMILES string of the molecule is CCC(C)NC(=NC)NCc1cc(-c2ccccc2)no1.I. The molecule has 0 amide bonds. The summed E-state index contributed by atoms with van der Waals surface area (Å²) in [5.41, 5.74) is 1.90. The smallest absolute Gasteiger partial charge is 0.191 e. The first-order chi connectivity index (χ1) is 10.2. The Labute approximate surface area is 148 Å². The van der Waals surface area contributed by atoms with E-state index in [4.69, 9.17) is 4.52 Å². The summed E-state index contributed by atoms with van der Waals surface area (Å²) in [6.45, 7) is 4.80. The molecule has 0 fully saturated rings. The summed E-state index contributed by atoms with van der Waals surface area (Å²) in [5.74, 6) is 1.54. The largest absolute Gasteiger partial charge is 0.359 e. The van der Waals surface area contributed by atoms with Crippen molar-refractivity contribution in [3.63, 3.8) is 0 Å². The van der Waals surface area contributed by atoms with Gasteiger partial charge in [0.15, 0.2) is 11.7 Å². The maximum absolute atomic E-state index is 5.35. The van der Waals surface area contributed by atoms with Crippen LogP contribution in [0.4, 0.5) is 0 Å². The van der Waals surface area contributed by atoms with Gasteiger partial charge in [-0.1, -0.05) is 42.4 Å². The van der Waals surface area contributed by atoms with Crippen LogP contribution in [-0.2, 0) is 6.54 Å². The second-order valence-electron chi connectivity index (χ2n) is 4.92. The summed E-state index contributed by atoms with van der Waals surface area (Å²) in [6.07, 6.45) is 1.04. The highest BCUT2D eigenvalue weighted by atomic mass is 127. The van der Waals surface area contributed by atoms with Crippen LogP contribution in [0.3, 0.4) is 0 Å². The van der Waals surface area contributed by atoms with Crippen LogP contribution in [0.2, 0.25) is 0 Å². The third-order valence-corrected chi connectivity index (χ3v) is 3.28. The number of guanidine groups is 1. The first-order valence-electron chi connectivity index (χ1n) is 7.21. The number of hydrogen-bond donors (Lipinski definition) is 2. The van der Waals surface area contributed by atoms with Crippen molar-refractivity contribution in [2.45, 2.75) is 32.9 Å². The van der Waals surface area contributed by atoms with Crippen molar-refractivity contribution in [3.8, 4) is 11.3 Å². The predicted octanol–water partition coefficient (Wildman–Crippen LogP) is 3.42. The number of halogens is 1. The van der Waals surface area contributed by atoms with Crippen LogP contribution in [0.1, 0.15) is 26.0 Å². The summed E-state index contributed by atoms with van der Waals surface area (Å²) >= 11 is 0. The number of nitrogens with zero attached hydrogens (tertiary/aromatic N) is 2. The van der Waals surface area contributed by atoms with Gasteiger partial charge >= 0.3 is 0 Å². The zero-order chi connectivity index (χ0) is 15.1. The van der Waals surface area contributed by atoms with Crippen molar-refractivity contribution in [1.82, 2.24) is 15.8 Å². The lowest BCUT2D eigenvalue weighted by Gasteiger charge is -2.15. The fourth-order valence-electron chi connectivity index (χ4n) is 1.84. The van der Waals surface area contributed by atoms with Crippen LogP contribution in [0.5, 0.6) is 0 Å². The highest BCUT2D eigenvalue weighted by molar-refractivity contribution is 14.0. The second-order valence-corrected chi connectivity index (χ2v) is 4.92. The summed E-state index contributed by atoms with van der Waals surface area (Å²) < 4.78 is 5.35. The van der Waals surface area contributed by atoms with E-state index >= 15 is 0 Å². The number of aromatic nitrogens is 1. The van der Waals surface area contributed by atoms with Crippen molar-refractivity contribution in [2.75, 3.05) is 7.05 Å². The summed E-state index contributed by atoms with van der Waals surface area (Å²) in [5, 5.41) is 10.6. The minimum Gasteiger partial charge on any atom is -0.359 e. The van der Waals surface area contributed by atoms with Gasteiger partial charge in [0, 0.05) is 24.7 Å². The second kappa shape index (κ2) is 9.45. The first kappa shape index (κ1) is 18.5. The van der Waals surface area contributed by atoms with Crippen molar-refractivity contribution in [1.29, 1.82) is 0 Å². The van der Waals surface area contributed by atoms with Crippen molar-refractivity contribution in [2.24, 2.45) is 4.99 Å². The summed E-state index contributed by atoms with van der Waals surface area (Å²) in [6, 6.07) is 12.3. The predicted molar refractivity (Wildman–Crippen MR) is 100 cm³/mol. The molecule has 0 saturated carbocycles. The van der Waals surface area contributed by atoms with Crippen LogP contribution in [-0.4, -0.2) is 24.2 Å². The van der Waals surface area contributed by atoms with Crippen LogP contribution in [0.25, 0.3) is 11.3 Å². The normalized spacial score (nSPS) is 12.4. The number of aliphatic imine (C=N–C) groups is 1. The third kappa shape index (κ3) is 5.32. The van der Waals surface area contributed by atoms with Crippen LogP contribution in [0.15, 0.2) is 45.9 Å². The molecule has 0 aliphatic heterocycles. The van der Waals surface area contributed by atoms with Gasteiger partial charge in [-0.15, -0.1) is 24.0 Å². The molecule has 1 atom stereocenters. The summed E-state index contributed by atoms with van der Waals surface area (Å²) in [4.78, 5) is 4.19. The lowest BCUT2D eigenvalue weighted by molar-refractivity contribution is 0.381.